The molecular weight excluding hydrogens is 204 g/mol. The number of likely N-dealkylation sites (N-methyl/N-ethyl adjacent to an activating group) is 1. The lowest BCUT2D eigenvalue weighted by molar-refractivity contribution is -0.119. The normalized spacial score (nSPS) is 9.88. The second-order valence-electron chi connectivity index (χ2n) is 3.53. The van der Waals surface area contributed by atoms with E-state index in [1.165, 1.54) is 0 Å². The molecule has 1 aromatic carbocycles. The molecule has 0 radical (unpaired) electrons. The number of benzene rings is 1. The fraction of sp³-hybridized carbons (Fsp3) is 0.417. The topological polar surface area (TPSA) is 41.6 Å². The quantitative estimate of drug-likeness (QED) is 0.727. The van der Waals surface area contributed by atoms with E-state index >= 15 is 0 Å². The highest BCUT2D eigenvalue weighted by atomic mass is 16.5. The number of para-hydroxylation sites is 1. The van der Waals surface area contributed by atoms with Gasteiger partial charge in [-0.05, 0) is 12.1 Å². The molecule has 1 rings (SSSR count). The standard InChI is InChI=1S/C12H18N2O2/c1-14(11-6-4-3-5-7-11)10-12(15)13-8-9-16-2/h3-7H,8-10H2,1-2H3,(H,13,15). The van der Waals surface area contributed by atoms with Crippen molar-refractivity contribution in [1.29, 1.82) is 0 Å². The molecule has 0 spiro atoms. The molecule has 16 heavy (non-hydrogen) atoms. The lowest BCUT2D eigenvalue weighted by atomic mass is 10.3. The average molecular weight is 222 g/mol. The predicted octanol–water partition coefficient (Wildman–Crippen LogP) is 0.885. The molecule has 1 amide bonds. The first-order valence-corrected chi connectivity index (χ1v) is 5.26. The fourth-order valence-corrected chi connectivity index (χ4v) is 1.34. The molecule has 0 atom stereocenters. The van der Waals surface area contributed by atoms with Crippen molar-refractivity contribution in [2.75, 3.05) is 38.8 Å². The van der Waals surface area contributed by atoms with Crippen molar-refractivity contribution in [3.8, 4) is 0 Å². The number of anilines is 1. The number of ether oxygens (including phenoxy) is 1. The van der Waals surface area contributed by atoms with Crippen molar-refractivity contribution in [3.05, 3.63) is 30.3 Å². The van der Waals surface area contributed by atoms with E-state index in [1.807, 2.05) is 42.3 Å². The molecular formula is C12H18N2O2. The molecule has 0 aliphatic rings. The molecule has 0 fully saturated rings. The molecule has 0 aliphatic heterocycles. The van der Waals surface area contributed by atoms with E-state index < -0.39 is 0 Å². The third-order valence-electron chi connectivity index (χ3n) is 2.21. The number of nitrogens with one attached hydrogen (secondary N) is 1. The van der Waals surface area contributed by atoms with Gasteiger partial charge < -0.3 is 15.0 Å². The highest BCUT2D eigenvalue weighted by molar-refractivity contribution is 5.81. The zero-order chi connectivity index (χ0) is 11.8. The highest BCUT2D eigenvalue weighted by Crippen LogP contribution is 2.09. The predicted molar refractivity (Wildman–Crippen MR) is 64.6 cm³/mol. The van der Waals surface area contributed by atoms with Crippen molar-refractivity contribution < 1.29 is 9.53 Å². The lowest BCUT2D eigenvalue weighted by Gasteiger charge is -2.18. The molecule has 1 N–H and O–H groups in total. The van der Waals surface area contributed by atoms with Crippen LogP contribution in [0.15, 0.2) is 30.3 Å². The van der Waals surface area contributed by atoms with Crippen LogP contribution in [0, 0.1) is 0 Å². The highest BCUT2D eigenvalue weighted by Gasteiger charge is 2.05. The van der Waals surface area contributed by atoms with Crippen LogP contribution in [0.25, 0.3) is 0 Å². The van der Waals surface area contributed by atoms with Crippen LogP contribution < -0.4 is 10.2 Å². The number of nitrogens with zero attached hydrogens (tertiary/aromatic N) is 1. The van der Waals surface area contributed by atoms with Crippen molar-refractivity contribution in [3.63, 3.8) is 0 Å². The molecule has 4 heteroatoms. The summed E-state index contributed by atoms with van der Waals surface area (Å²) >= 11 is 0. The van der Waals surface area contributed by atoms with E-state index in [0.29, 0.717) is 19.7 Å². The molecule has 0 heterocycles. The summed E-state index contributed by atoms with van der Waals surface area (Å²) in [4.78, 5) is 13.4. The van der Waals surface area contributed by atoms with Crippen LogP contribution in [0.2, 0.25) is 0 Å². The van der Waals surface area contributed by atoms with Gasteiger partial charge >= 0.3 is 0 Å². The van der Waals surface area contributed by atoms with Crippen molar-refractivity contribution >= 4 is 11.6 Å². The zero-order valence-electron chi connectivity index (χ0n) is 9.77. The van der Waals surface area contributed by atoms with Gasteiger partial charge in [0.15, 0.2) is 0 Å². The maximum atomic E-state index is 11.5. The number of methoxy groups -OCH3 is 1. The van der Waals surface area contributed by atoms with Crippen molar-refractivity contribution in [2.45, 2.75) is 0 Å². The number of amides is 1. The Kier molecular flexibility index (Phi) is 5.36. The summed E-state index contributed by atoms with van der Waals surface area (Å²) < 4.78 is 4.85. The number of hydrogen-bond acceptors (Lipinski definition) is 3. The summed E-state index contributed by atoms with van der Waals surface area (Å²) in [6, 6.07) is 9.81. The summed E-state index contributed by atoms with van der Waals surface area (Å²) in [5.41, 5.74) is 1.03. The molecule has 0 aromatic heterocycles. The van der Waals surface area contributed by atoms with Gasteiger partial charge in [-0.15, -0.1) is 0 Å². The summed E-state index contributed by atoms with van der Waals surface area (Å²) in [6.07, 6.45) is 0. The lowest BCUT2D eigenvalue weighted by Crippen LogP contribution is -2.36. The summed E-state index contributed by atoms with van der Waals surface area (Å²) in [5, 5.41) is 2.78. The van der Waals surface area contributed by atoms with Gasteiger partial charge in [-0.2, -0.15) is 0 Å². The van der Waals surface area contributed by atoms with Gasteiger partial charge in [-0.25, -0.2) is 0 Å². The van der Waals surface area contributed by atoms with E-state index in [9.17, 15) is 4.79 Å². The summed E-state index contributed by atoms with van der Waals surface area (Å²) in [6.45, 7) is 1.45. The molecule has 0 aliphatic carbocycles. The van der Waals surface area contributed by atoms with Crippen LogP contribution in [-0.2, 0) is 9.53 Å². The minimum Gasteiger partial charge on any atom is -0.383 e. The first-order valence-electron chi connectivity index (χ1n) is 5.26. The van der Waals surface area contributed by atoms with E-state index in [1.54, 1.807) is 7.11 Å². The number of rotatable bonds is 6. The van der Waals surface area contributed by atoms with Gasteiger partial charge in [0.1, 0.15) is 0 Å². The maximum absolute atomic E-state index is 11.5. The Labute approximate surface area is 96.2 Å². The Hall–Kier alpha value is -1.55. The van der Waals surface area contributed by atoms with Gasteiger partial charge in [0.2, 0.25) is 5.91 Å². The Balaban J connectivity index is 2.34. The minimum atomic E-state index is 0.00315. The second-order valence-corrected chi connectivity index (χ2v) is 3.53. The van der Waals surface area contributed by atoms with E-state index in [-0.39, 0.29) is 5.91 Å². The molecule has 88 valence electrons. The first-order chi connectivity index (χ1) is 7.74. The van der Waals surface area contributed by atoms with Crippen LogP contribution in [0.4, 0.5) is 5.69 Å². The smallest absolute Gasteiger partial charge is 0.239 e. The number of carbonyl (C=O) groups is 1. The second kappa shape index (κ2) is 6.85. The van der Waals surface area contributed by atoms with Crippen LogP contribution in [0.3, 0.4) is 0 Å². The molecule has 0 bridgehead atoms. The molecule has 0 saturated heterocycles. The summed E-state index contributed by atoms with van der Waals surface area (Å²) in [7, 11) is 3.51. The van der Waals surface area contributed by atoms with Crippen molar-refractivity contribution in [1.82, 2.24) is 5.32 Å². The van der Waals surface area contributed by atoms with Crippen molar-refractivity contribution in [2.24, 2.45) is 0 Å². The Morgan fingerprint density at radius 3 is 2.69 bits per heavy atom. The SMILES string of the molecule is COCCNC(=O)CN(C)c1ccccc1. The van der Waals surface area contributed by atoms with Gasteiger partial charge in [0, 0.05) is 26.4 Å². The van der Waals surface area contributed by atoms with Gasteiger partial charge in [0.05, 0.1) is 13.2 Å². The Bertz CT molecular complexity index is 314. The van der Waals surface area contributed by atoms with E-state index in [4.69, 9.17) is 4.74 Å². The minimum absolute atomic E-state index is 0.00315. The van der Waals surface area contributed by atoms with Gasteiger partial charge in [-0.3, -0.25) is 4.79 Å². The van der Waals surface area contributed by atoms with E-state index in [0.717, 1.165) is 5.69 Å². The summed E-state index contributed by atoms with van der Waals surface area (Å²) in [5.74, 6) is 0.00315. The molecule has 1 aromatic rings. The van der Waals surface area contributed by atoms with Crippen LogP contribution in [0.5, 0.6) is 0 Å². The zero-order valence-corrected chi connectivity index (χ0v) is 9.77. The van der Waals surface area contributed by atoms with Crippen LogP contribution >= 0.6 is 0 Å². The largest absolute Gasteiger partial charge is 0.383 e. The third-order valence-corrected chi connectivity index (χ3v) is 2.21. The Morgan fingerprint density at radius 2 is 2.06 bits per heavy atom. The monoisotopic (exact) mass is 222 g/mol. The maximum Gasteiger partial charge on any atom is 0.239 e. The van der Waals surface area contributed by atoms with Crippen LogP contribution in [-0.4, -0.2) is 39.8 Å². The molecule has 0 unspecified atom stereocenters. The van der Waals surface area contributed by atoms with Gasteiger partial charge in [-0.1, -0.05) is 18.2 Å². The third kappa shape index (κ3) is 4.31. The first kappa shape index (κ1) is 12.5. The molecule has 4 nitrogen and oxygen atoms in total. The van der Waals surface area contributed by atoms with Gasteiger partial charge in [0.25, 0.3) is 0 Å². The fourth-order valence-electron chi connectivity index (χ4n) is 1.34. The van der Waals surface area contributed by atoms with E-state index in [2.05, 4.69) is 5.32 Å². The number of carbonyl (C=O) groups excluding carboxylic acids is 1. The molecule has 0 saturated carbocycles. The average Bonchev–Trinajstić information content (AvgIpc) is 2.30. The number of hydrogen-bond donors (Lipinski definition) is 1. The Morgan fingerprint density at radius 1 is 1.38 bits per heavy atom. The van der Waals surface area contributed by atoms with Crippen LogP contribution in [0.1, 0.15) is 0 Å².